The molecule has 150 valence electrons. The largest absolute Gasteiger partial charge is 0.352 e. The highest BCUT2D eigenvalue weighted by Gasteiger charge is 2.29. The number of carbonyl (C=O) groups excluding carboxylic acids is 2. The molecular weight excluding hydrogens is 450 g/mol. The van der Waals surface area contributed by atoms with E-state index in [2.05, 4.69) is 21.2 Å². The number of piperidine rings is 1. The maximum absolute atomic E-state index is 13.0. The summed E-state index contributed by atoms with van der Waals surface area (Å²) in [4.78, 5) is 28.2. The van der Waals surface area contributed by atoms with Crippen molar-refractivity contribution in [1.82, 2.24) is 14.8 Å². The van der Waals surface area contributed by atoms with E-state index in [1.54, 1.807) is 0 Å². The number of nitrogens with one attached hydrogen (secondary N) is 1. The van der Waals surface area contributed by atoms with E-state index in [1.807, 2.05) is 69.7 Å². The molecule has 3 heterocycles. The number of thiophene rings is 1. The number of amides is 2. The molecule has 2 aromatic heterocycles. The summed E-state index contributed by atoms with van der Waals surface area (Å²) < 4.78 is 2.96. The third-order valence-electron chi connectivity index (χ3n) is 5.29. The van der Waals surface area contributed by atoms with Crippen molar-refractivity contribution >= 4 is 39.1 Å². The lowest BCUT2D eigenvalue weighted by Gasteiger charge is -2.31. The normalized spacial score (nSPS) is 14.7. The first-order valence-corrected chi connectivity index (χ1v) is 11.3. The number of rotatable bonds is 5. The Morgan fingerprint density at radius 3 is 2.52 bits per heavy atom. The molecule has 0 aliphatic carbocycles. The van der Waals surface area contributed by atoms with Gasteiger partial charge in [-0.05, 0) is 48.1 Å². The second kappa shape index (κ2) is 8.97. The predicted molar refractivity (Wildman–Crippen MR) is 118 cm³/mol. The van der Waals surface area contributed by atoms with Crippen LogP contribution in [0.1, 0.15) is 28.1 Å². The molecule has 7 heteroatoms. The number of halogens is 1. The van der Waals surface area contributed by atoms with Gasteiger partial charge in [-0.3, -0.25) is 9.59 Å². The fourth-order valence-electron chi connectivity index (χ4n) is 3.62. The summed E-state index contributed by atoms with van der Waals surface area (Å²) in [6.07, 6.45) is 5.27. The fraction of sp³-hybridized carbons (Fsp3) is 0.273. The van der Waals surface area contributed by atoms with Gasteiger partial charge in [0.15, 0.2) is 0 Å². The Labute approximate surface area is 182 Å². The molecule has 4 rings (SSSR count). The Balaban J connectivity index is 1.33. The van der Waals surface area contributed by atoms with Crippen LogP contribution < -0.4 is 5.32 Å². The molecule has 0 spiro atoms. The van der Waals surface area contributed by atoms with Gasteiger partial charge in [0.1, 0.15) is 4.88 Å². The topological polar surface area (TPSA) is 54.3 Å². The number of likely N-dealkylation sites (tertiary alicyclic amines) is 1. The molecule has 1 N–H and O–H groups in total. The van der Waals surface area contributed by atoms with Crippen LogP contribution in [0.4, 0.5) is 0 Å². The van der Waals surface area contributed by atoms with Crippen molar-refractivity contribution in [2.75, 3.05) is 13.1 Å². The van der Waals surface area contributed by atoms with E-state index in [0.717, 1.165) is 20.6 Å². The molecule has 3 aromatic rings. The fourth-order valence-corrected chi connectivity index (χ4v) is 4.90. The van der Waals surface area contributed by atoms with Gasteiger partial charge < -0.3 is 14.8 Å². The molecule has 0 bridgehead atoms. The molecule has 1 aliphatic heterocycles. The van der Waals surface area contributed by atoms with E-state index >= 15 is 0 Å². The summed E-state index contributed by atoms with van der Waals surface area (Å²) in [5.74, 6) is 0.0709. The Morgan fingerprint density at radius 1 is 1.07 bits per heavy atom. The Bertz CT molecular complexity index is 991. The van der Waals surface area contributed by atoms with Crippen LogP contribution in [0.3, 0.4) is 0 Å². The second-order valence-electron chi connectivity index (χ2n) is 7.10. The summed E-state index contributed by atoms with van der Waals surface area (Å²) in [5.41, 5.74) is 1.97. The van der Waals surface area contributed by atoms with Crippen molar-refractivity contribution in [3.8, 4) is 5.69 Å². The Kier molecular flexibility index (Phi) is 6.16. The van der Waals surface area contributed by atoms with E-state index in [9.17, 15) is 9.59 Å². The van der Waals surface area contributed by atoms with E-state index in [0.29, 0.717) is 32.5 Å². The molecule has 1 aromatic carbocycles. The van der Waals surface area contributed by atoms with Crippen LogP contribution in [0, 0.1) is 5.92 Å². The minimum Gasteiger partial charge on any atom is -0.352 e. The van der Waals surface area contributed by atoms with Crippen LogP contribution in [0.5, 0.6) is 0 Å². The molecule has 0 saturated carbocycles. The number of hydrogen-bond donors (Lipinski definition) is 1. The van der Waals surface area contributed by atoms with E-state index in [-0.39, 0.29) is 17.7 Å². The third-order valence-corrected chi connectivity index (χ3v) is 6.95. The maximum Gasteiger partial charge on any atom is 0.266 e. The van der Waals surface area contributed by atoms with Crippen molar-refractivity contribution in [3.05, 3.63) is 75.2 Å². The molecule has 0 radical (unpaired) electrons. The van der Waals surface area contributed by atoms with E-state index in [1.165, 1.54) is 11.3 Å². The van der Waals surface area contributed by atoms with Gasteiger partial charge in [0.25, 0.3) is 5.91 Å². The Hall–Kier alpha value is -2.38. The van der Waals surface area contributed by atoms with Crippen LogP contribution in [0.2, 0.25) is 0 Å². The number of benzene rings is 1. The van der Waals surface area contributed by atoms with Crippen LogP contribution in [0.25, 0.3) is 5.69 Å². The molecule has 29 heavy (non-hydrogen) atoms. The average molecular weight is 472 g/mol. The van der Waals surface area contributed by atoms with Gasteiger partial charge in [-0.15, -0.1) is 11.3 Å². The average Bonchev–Trinajstić information content (AvgIpc) is 3.44. The van der Waals surface area contributed by atoms with Gasteiger partial charge in [-0.25, -0.2) is 0 Å². The quantitative estimate of drug-likeness (QED) is 0.596. The lowest BCUT2D eigenvalue weighted by Crippen LogP contribution is -2.42. The first-order chi connectivity index (χ1) is 14.1. The van der Waals surface area contributed by atoms with Crippen molar-refractivity contribution in [2.24, 2.45) is 5.92 Å². The van der Waals surface area contributed by atoms with Crippen molar-refractivity contribution in [3.63, 3.8) is 0 Å². The summed E-state index contributed by atoms with van der Waals surface area (Å²) in [5, 5.41) is 4.98. The summed E-state index contributed by atoms with van der Waals surface area (Å²) in [7, 11) is 0. The van der Waals surface area contributed by atoms with Crippen LogP contribution in [-0.4, -0.2) is 34.4 Å². The Morgan fingerprint density at radius 2 is 1.79 bits per heavy atom. The molecule has 0 atom stereocenters. The van der Waals surface area contributed by atoms with Crippen molar-refractivity contribution in [1.29, 1.82) is 0 Å². The molecule has 1 aliphatic rings. The zero-order chi connectivity index (χ0) is 20.2. The minimum atomic E-state index is -0.0474. The lowest BCUT2D eigenvalue weighted by molar-refractivity contribution is -0.126. The van der Waals surface area contributed by atoms with Crippen LogP contribution >= 0.6 is 27.3 Å². The number of hydrogen-bond acceptors (Lipinski definition) is 3. The highest BCUT2D eigenvalue weighted by Crippen LogP contribution is 2.26. The van der Waals surface area contributed by atoms with E-state index < -0.39 is 0 Å². The molecular formula is C22H22BrN3O2S. The smallest absolute Gasteiger partial charge is 0.266 e. The van der Waals surface area contributed by atoms with Gasteiger partial charge in [0, 0.05) is 42.4 Å². The summed E-state index contributed by atoms with van der Waals surface area (Å²) >= 11 is 4.98. The highest BCUT2D eigenvalue weighted by molar-refractivity contribution is 9.10. The second-order valence-corrected chi connectivity index (χ2v) is 8.87. The van der Waals surface area contributed by atoms with Gasteiger partial charge in [-0.1, -0.05) is 34.1 Å². The first kappa shape index (κ1) is 19.9. The lowest BCUT2D eigenvalue weighted by atomic mass is 9.95. The summed E-state index contributed by atoms with van der Waals surface area (Å²) in [6, 6.07) is 13.8. The van der Waals surface area contributed by atoms with Gasteiger partial charge >= 0.3 is 0 Å². The molecule has 2 amide bonds. The van der Waals surface area contributed by atoms with Crippen molar-refractivity contribution < 1.29 is 9.59 Å². The molecule has 5 nitrogen and oxygen atoms in total. The SMILES string of the molecule is O=C(NCc1ccccc1Br)C1CCN(C(=O)c2sccc2-n2cccc2)CC1. The number of nitrogens with zero attached hydrogens (tertiary/aromatic N) is 2. The van der Waals surface area contributed by atoms with Gasteiger partial charge in [0.2, 0.25) is 5.91 Å². The molecule has 1 saturated heterocycles. The molecule has 0 unspecified atom stereocenters. The first-order valence-electron chi connectivity index (χ1n) is 9.64. The zero-order valence-electron chi connectivity index (χ0n) is 15.9. The molecule has 1 fully saturated rings. The monoisotopic (exact) mass is 471 g/mol. The number of aromatic nitrogens is 1. The maximum atomic E-state index is 13.0. The van der Waals surface area contributed by atoms with Gasteiger partial charge in [-0.2, -0.15) is 0 Å². The van der Waals surface area contributed by atoms with Crippen LogP contribution in [-0.2, 0) is 11.3 Å². The third kappa shape index (κ3) is 4.46. The number of carbonyl (C=O) groups is 2. The predicted octanol–water partition coefficient (Wildman–Crippen LogP) is 4.47. The van der Waals surface area contributed by atoms with Gasteiger partial charge in [0.05, 0.1) is 5.69 Å². The summed E-state index contributed by atoms with van der Waals surface area (Å²) in [6.45, 7) is 1.72. The minimum absolute atomic E-state index is 0.0474. The van der Waals surface area contributed by atoms with E-state index in [4.69, 9.17) is 0 Å². The zero-order valence-corrected chi connectivity index (χ0v) is 18.3. The van der Waals surface area contributed by atoms with Crippen LogP contribution in [0.15, 0.2) is 64.7 Å². The highest BCUT2D eigenvalue weighted by atomic mass is 79.9. The van der Waals surface area contributed by atoms with Crippen molar-refractivity contribution in [2.45, 2.75) is 19.4 Å². The standard InChI is InChI=1S/C22H22BrN3O2S/c23-18-6-2-1-5-17(18)15-24-21(27)16-7-12-26(13-8-16)22(28)20-19(9-14-29-20)25-10-3-4-11-25/h1-6,9-11,14,16H,7-8,12-13,15H2,(H,24,27).